The van der Waals surface area contributed by atoms with E-state index in [1.165, 1.54) is 0 Å². The number of rotatable bonds is 5. The zero-order chi connectivity index (χ0) is 25.1. The highest BCUT2D eigenvalue weighted by molar-refractivity contribution is 6.09. The second kappa shape index (κ2) is 10.4. The molecule has 3 aromatic rings. The topological polar surface area (TPSA) is 53.1 Å². The minimum atomic E-state index is -0.191. The highest BCUT2D eigenvalue weighted by Gasteiger charge is 2.30. The molecule has 0 aromatic heterocycles. The minimum absolute atomic E-state index is 0.0493. The molecule has 36 heavy (non-hydrogen) atoms. The van der Waals surface area contributed by atoms with Crippen LogP contribution < -0.4 is 9.64 Å². The normalized spacial score (nSPS) is 17.2. The van der Waals surface area contributed by atoms with Gasteiger partial charge < -0.3 is 14.5 Å². The van der Waals surface area contributed by atoms with E-state index >= 15 is 0 Å². The molecule has 0 saturated carbocycles. The van der Waals surface area contributed by atoms with Crippen LogP contribution in [0.3, 0.4) is 0 Å². The van der Waals surface area contributed by atoms with Crippen LogP contribution in [-0.4, -0.2) is 54.3 Å². The quantitative estimate of drug-likeness (QED) is 0.494. The largest absolute Gasteiger partial charge is 0.449 e. The van der Waals surface area contributed by atoms with Gasteiger partial charge in [0.25, 0.3) is 11.8 Å². The van der Waals surface area contributed by atoms with Gasteiger partial charge in [0.15, 0.2) is 11.5 Å². The first-order chi connectivity index (χ1) is 17.5. The van der Waals surface area contributed by atoms with Crippen molar-refractivity contribution in [1.29, 1.82) is 0 Å². The Bertz CT molecular complexity index is 1290. The number of carbonyl (C=O) groups excluding carboxylic acids is 2. The van der Waals surface area contributed by atoms with Crippen molar-refractivity contribution in [2.45, 2.75) is 20.4 Å². The molecule has 3 aromatic carbocycles. The zero-order valence-corrected chi connectivity index (χ0v) is 20.8. The summed E-state index contributed by atoms with van der Waals surface area (Å²) in [6.07, 6.45) is 1.75. The lowest BCUT2D eigenvalue weighted by Crippen LogP contribution is -2.48. The predicted octanol–water partition coefficient (Wildman–Crippen LogP) is 4.74. The monoisotopic (exact) mass is 481 g/mol. The number of para-hydroxylation sites is 2. The molecule has 0 spiro atoms. The number of hydrogen-bond acceptors (Lipinski definition) is 4. The van der Waals surface area contributed by atoms with Gasteiger partial charge in [-0.25, -0.2) is 0 Å². The molecular weight excluding hydrogens is 450 g/mol. The van der Waals surface area contributed by atoms with E-state index in [9.17, 15) is 9.59 Å². The van der Waals surface area contributed by atoms with Gasteiger partial charge >= 0.3 is 0 Å². The Labute approximate surface area is 212 Å². The molecule has 184 valence electrons. The van der Waals surface area contributed by atoms with E-state index in [0.717, 1.165) is 55.1 Å². The van der Waals surface area contributed by atoms with Gasteiger partial charge in [-0.3, -0.25) is 14.5 Å². The Balaban J connectivity index is 1.36. The molecule has 0 unspecified atom stereocenters. The summed E-state index contributed by atoms with van der Waals surface area (Å²) in [6, 6.07) is 23.1. The van der Waals surface area contributed by atoms with E-state index in [1.807, 2.05) is 78.6 Å². The molecule has 2 amide bonds. The van der Waals surface area contributed by atoms with E-state index in [2.05, 4.69) is 17.9 Å². The van der Waals surface area contributed by atoms with Crippen molar-refractivity contribution in [2.75, 3.05) is 37.6 Å². The molecule has 5 rings (SSSR count). The molecule has 2 aliphatic heterocycles. The summed E-state index contributed by atoms with van der Waals surface area (Å²) in [5.41, 5.74) is 4.43. The number of piperazine rings is 1. The summed E-state index contributed by atoms with van der Waals surface area (Å²) in [5.74, 6) is 0.766. The predicted molar refractivity (Wildman–Crippen MR) is 142 cm³/mol. The third-order valence-corrected chi connectivity index (χ3v) is 6.82. The van der Waals surface area contributed by atoms with Crippen LogP contribution in [-0.2, 0) is 11.3 Å². The van der Waals surface area contributed by atoms with Crippen LogP contribution in [0.25, 0.3) is 6.08 Å². The first kappa shape index (κ1) is 23.8. The Morgan fingerprint density at radius 2 is 1.69 bits per heavy atom. The standard InChI is InChI=1S/C30H31N3O3/c1-3-31-15-17-32(18-16-31)29(34)25-13-11-23(12-14-25)20-28-30(35)33(21-24-8-6-7-22(2)19-24)26-9-4-5-10-27(26)36-28/h4-14,19-20H,3,15-18,21H2,1-2H3/b28-20+. The van der Waals surface area contributed by atoms with Crippen molar-refractivity contribution in [3.63, 3.8) is 0 Å². The third kappa shape index (κ3) is 5.04. The number of fused-ring (bicyclic) bond motifs is 1. The number of aryl methyl sites for hydroxylation is 1. The molecule has 6 nitrogen and oxygen atoms in total. The third-order valence-electron chi connectivity index (χ3n) is 6.82. The van der Waals surface area contributed by atoms with Crippen molar-refractivity contribution in [2.24, 2.45) is 0 Å². The number of anilines is 1. The first-order valence-corrected chi connectivity index (χ1v) is 12.5. The van der Waals surface area contributed by atoms with E-state index in [-0.39, 0.29) is 17.6 Å². The van der Waals surface area contributed by atoms with Crippen LogP contribution in [0.15, 0.2) is 78.6 Å². The average molecular weight is 482 g/mol. The maximum absolute atomic E-state index is 13.5. The fourth-order valence-electron chi connectivity index (χ4n) is 4.74. The van der Waals surface area contributed by atoms with Gasteiger partial charge in [0.2, 0.25) is 0 Å². The lowest BCUT2D eigenvalue weighted by atomic mass is 10.1. The van der Waals surface area contributed by atoms with E-state index < -0.39 is 0 Å². The number of amides is 2. The molecule has 1 fully saturated rings. The summed E-state index contributed by atoms with van der Waals surface area (Å²) < 4.78 is 6.02. The van der Waals surface area contributed by atoms with Gasteiger partial charge in [0, 0.05) is 31.7 Å². The molecule has 0 atom stereocenters. The lowest BCUT2D eigenvalue weighted by Gasteiger charge is -2.34. The molecule has 6 heteroatoms. The number of benzene rings is 3. The van der Waals surface area contributed by atoms with Gasteiger partial charge in [0.05, 0.1) is 12.2 Å². The summed E-state index contributed by atoms with van der Waals surface area (Å²) >= 11 is 0. The molecule has 0 radical (unpaired) electrons. The van der Waals surface area contributed by atoms with Gasteiger partial charge in [-0.05, 0) is 54.9 Å². The van der Waals surface area contributed by atoms with Crippen molar-refractivity contribution in [3.05, 3.63) is 101 Å². The number of likely N-dealkylation sites (N-methyl/N-ethyl adjacent to an activating group) is 1. The van der Waals surface area contributed by atoms with Gasteiger partial charge in [-0.15, -0.1) is 0 Å². The number of hydrogen-bond donors (Lipinski definition) is 0. The lowest BCUT2D eigenvalue weighted by molar-refractivity contribution is -0.117. The van der Waals surface area contributed by atoms with Crippen LogP contribution in [0.2, 0.25) is 0 Å². The molecule has 2 aliphatic rings. The summed E-state index contributed by atoms with van der Waals surface area (Å²) in [7, 11) is 0. The summed E-state index contributed by atoms with van der Waals surface area (Å²) in [5, 5.41) is 0. The molecule has 1 saturated heterocycles. The van der Waals surface area contributed by atoms with Crippen LogP contribution in [0.1, 0.15) is 34.0 Å². The molecule has 0 N–H and O–H groups in total. The molecular formula is C30H31N3O3. The number of ether oxygens (including phenoxy) is 1. The molecule has 2 heterocycles. The Kier molecular flexibility index (Phi) is 6.87. The van der Waals surface area contributed by atoms with E-state index in [1.54, 1.807) is 11.0 Å². The number of carbonyl (C=O) groups is 2. The first-order valence-electron chi connectivity index (χ1n) is 12.5. The molecule has 0 aliphatic carbocycles. The van der Waals surface area contributed by atoms with Gasteiger partial charge in [-0.1, -0.05) is 61.0 Å². The fraction of sp³-hybridized carbons (Fsp3) is 0.267. The van der Waals surface area contributed by atoms with E-state index in [0.29, 0.717) is 17.9 Å². The van der Waals surface area contributed by atoms with Crippen LogP contribution in [0, 0.1) is 6.92 Å². The zero-order valence-electron chi connectivity index (χ0n) is 20.8. The van der Waals surface area contributed by atoms with Crippen LogP contribution >= 0.6 is 0 Å². The second-order valence-electron chi connectivity index (χ2n) is 9.31. The highest BCUT2D eigenvalue weighted by atomic mass is 16.5. The highest BCUT2D eigenvalue weighted by Crippen LogP contribution is 2.36. The van der Waals surface area contributed by atoms with Crippen molar-refractivity contribution in [3.8, 4) is 5.75 Å². The van der Waals surface area contributed by atoms with Gasteiger partial charge in [0.1, 0.15) is 0 Å². The van der Waals surface area contributed by atoms with Crippen molar-refractivity contribution in [1.82, 2.24) is 9.80 Å². The van der Waals surface area contributed by atoms with Crippen molar-refractivity contribution < 1.29 is 14.3 Å². The summed E-state index contributed by atoms with van der Waals surface area (Å²) in [4.78, 5) is 32.4. The Morgan fingerprint density at radius 3 is 2.42 bits per heavy atom. The van der Waals surface area contributed by atoms with Crippen LogP contribution in [0.4, 0.5) is 5.69 Å². The smallest absolute Gasteiger partial charge is 0.294 e. The Hall–Kier alpha value is -3.90. The Morgan fingerprint density at radius 1 is 0.944 bits per heavy atom. The maximum Gasteiger partial charge on any atom is 0.294 e. The van der Waals surface area contributed by atoms with Crippen LogP contribution in [0.5, 0.6) is 5.75 Å². The van der Waals surface area contributed by atoms with Crippen molar-refractivity contribution >= 4 is 23.6 Å². The number of nitrogens with zero attached hydrogens (tertiary/aromatic N) is 3. The average Bonchev–Trinajstić information content (AvgIpc) is 2.91. The molecule has 0 bridgehead atoms. The maximum atomic E-state index is 13.5. The SMILES string of the molecule is CCN1CCN(C(=O)c2ccc(/C=C3/Oc4ccccc4N(Cc4cccc(C)c4)C3=O)cc2)CC1. The fourth-order valence-corrected chi connectivity index (χ4v) is 4.74. The minimum Gasteiger partial charge on any atom is -0.449 e. The van der Waals surface area contributed by atoms with E-state index in [4.69, 9.17) is 4.74 Å². The summed E-state index contributed by atoms with van der Waals surface area (Å²) in [6.45, 7) is 8.97. The second-order valence-corrected chi connectivity index (χ2v) is 9.31. The van der Waals surface area contributed by atoms with Gasteiger partial charge in [-0.2, -0.15) is 0 Å².